The van der Waals surface area contributed by atoms with Crippen molar-refractivity contribution in [3.8, 4) is 0 Å². The summed E-state index contributed by atoms with van der Waals surface area (Å²) < 4.78 is 12.1. The van der Waals surface area contributed by atoms with Crippen LogP contribution in [0.2, 0.25) is 0 Å². The van der Waals surface area contributed by atoms with Gasteiger partial charge in [-0.1, -0.05) is 26.2 Å². The molecule has 2 fully saturated rings. The summed E-state index contributed by atoms with van der Waals surface area (Å²) in [5.74, 6) is 0. The van der Waals surface area contributed by atoms with E-state index in [1.807, 2.05) is 0 Å². The fraction of sp³-hybridized carbons (Fsp3) is 1.00. The van der Waals surface area contributed by atoms with E-state index in [0.717, 1.165) is 19.8 Å². The quantitative estimate of drug-likeness (QED) is 0.696. The maximum Gasteiger partial charge on any atom is 0.0834 e. The minimum Gasteiger partial charge on any atom is -0.378 e. The van der Waals surface area contributed by atoms with Gasteiger partial charge in [-0.05, 0) is 58.4 Å². The molecule has 1 saturated carbocycles. The third kappa shape index (κ3) is 4.94. The molecule has 0 aromatic heterocycles. The summed E-state index contributed by atoms with van der Waals surface area (Å²) in [4.78, 5) is 0. The van der Waals surface area contributed by atoms with Crippen LogP contribution in [0.4, 0.5) is 0 Å². The Morgan fingerprint density at radius 3 is 2.62 bits per heavy atom. The average molecular weight is 297 g/mol. The van der Waals surface area contributed by atoms with Crippen molar-refractivity contribution >= 4 is 0 Å². The van der Waals surface area contributed by atoms with Crippen LogP contribution >= 0.6 is 0 Å². The highest BCUT2D eigenvalue weighted by Gasteiger charge is 2.39. The number of nitrogens with one attached hydrogen (secondary N) is 1. The fourth-order valence-corrected chi connectivity index (χ4v) is 4.25. The molecule has 1 aliphatic carbocycles. The normalized spacial score (nSPS) is 26.9. The van der Waals surface area contributed by atoms with Gasteiger partial charge >= 0.3 is 0 Å². The third-order valence-corrected chi connectivity index (χ3v) is 5.26. The summed E-state index contributed by atoms with van der Waals surface area (Å²) in [6, 6.07) is 0.518. The topological polar surface area (TPSA) is 30.5 Å². The Hall–Kier alpha value is -0.120. The van der Waals surface area contributed by atoms with Crippen molar-refractivity contribution in [2.24, 2.45) is 0 Å². The van der Waals surface area contributed by atoms with Crippen molar-refractivity contribution in [3.05, 3.63) is 0 Å². The Balaban J connectivity index is 1.87. The monoisotopic (exact) mass is 297 g/mol. The van der Waals surface area contributed by atoms with Crippen molar-refractivity contribution < 1.29 is 9.47 Å². The summed E-state index contributed by atoms with van der Waals surface area (Å²) in [5, 5.41) is 3.74. The largest absolute Gasteiger partial charge is 0.378 e. The van der Waals surface area contributed by atoms with Crippen molar-refractivity contribution in [2.45, 2.75) is 95.8 Å². The first-order valence-electron chi connectivity index (χ1n) is 9.29. The van der Waals surface area contributed by atoms with E-state index in [2.05, 4.69) is 19.2 Å². The predicted molar refractivity (Wildman–Crippen MR) is 87.7 cm³/mol. The number of rotatable bonds is 9. The molecule has 0 radical (unpaired) electrons. The van der Waals surface area contributed by atoms with Crippen LogP contribution in [0, 0.1) is 0 Å². The summed E-state index contributed by atoms with van der Waals surface area (Å²) in [6.07, 6.45) is 13.3. The maximum atomic E-state index is 6.31. The molecule has 2 aliphatic rings. The molecule has 0 aromatic carbocycles. The highest BCUT2D eigenvalue weighted by Crippen LogP contribution is 2.36. The minimum atomic E-state index is 0.0968. The van der Waals surface area contributed by atoms with E-state index in [9.17, 15) is 0 Å². The number of ether oxygens (including phenoxy) is 2. The molecular weight excluding hydrogens is 262 g/mol. The highest BCUT2D eigenvalue weighted by atomic mass is 16.5. The smallest absolute Gasteiger partial charge is 0.0834 e. The summed E-state index contributed by atoms with van der Waals surface area (Å²) in [6.45, 7) is 7.22. The van der Waals surface area contributed by atoms with Crippen LogP contribution < -0.4 is 5.32 Å². The molecule has 1 saturated heterocycles. The Morgan fingerprint density at radius 2 is 2.00 bits per heavy atom. The zero-order valence-corrected chi connectivity index (χ0v) is 14.2. The summed E-state index contributed by atoms with van der Waals surface area (Å²) >= 11 is 0. The first-order chi connectivity index (χ1) is 10.3. The molecule has 1 heterocycles. The van der Waals surface area contributed by atoms with Crippen LogP contribution in [0.3, 0.4) is 0 Å². The lowest BCUT2D eigenvalue weighted by Gasteiger charge is -2.44. The SMILES string of the molecule is CCNC(CCCC1CCCO1)C1(OCC)CCCCC1. The molecule has 2 rings (SSSR count). The number of likely N-dealkylation sites (N-methyl/N-ethyl adjacent to an activating group) is 1. The van der Waals surface area contributed by atoms with Gasteiger partial charge in [-0.15, -0.1) is 0 Å². The molecule has 1 aliphatic heterocycles. The lowest BCUT2D eigenvalue weighted by atomic mass is 9.77. The zero-order chi connectivity index (χ0) is 15.0. The zero-order valence-electron chi connectivity index (χ0n) is 14.2. The molecule has 0 bridgehead atoms. The van der Waals surface area contributed by atoms with Crippen LogP contribution in [0.5, 0.6) is 0 Å². The fourth-order valence-electron chi connectivity index (χ4n) is 4.25. The van der Waals surface area contributed by atoms with Crippen LogP contribution in [-0.2, 0) is 9.47 Å². The molecular formula is C18H35NO2. The molecule has 124 valence electrons. The third-order valence-electron chi connectivity index (χ3n) is 5.26. The maximum absolute atomic E-state index is 6.31. The number of hydrogen-bond acceptors (Lipinski definition) is 3. The van der Waals surface area contributed by atoms with Crippen LogP contribution in [0.1, 0.15) is 78.1 Å². The van der Waals surface area contributed by atoms with Crippen molar-refractivity contribution in [1.82, 2.24) is 5.32 Å². The lowest BCUT2D eigenvalue weighted by Crippen LogP contribution is -2.53. The van der Waals surface area contributed by atoms with E-state index >= 15 is 0 Å². The van der Waals surface area contributed by atoms with Gasteiger partial charge in [0.2, 0.25) is 0 Å². The van der Waals surface area contributed by atoms with E-state index in [-0.39, 0.29) is 5.60 Å². The molecule has 0 amide bonds. The molecule has 0 spiro atoms. The van der Waals surface area contributed by atoms with Gasteiger partial charge in [0.1, 0.15) is 0 Å². The molecule has 3 nitrogen and oxygen atoms in total. The van der Waals surface area contributed by atoms with Crippen LogP contribution in [-0.4, -0.2) is 37.5 Å². The van der Waals surface area contributed by atoms with E-state index < -0.39 is 0 Å². The van der Waals surface area contributed by atoms with Gasteiger partial charge in [-0.2, -0.15) is 0 Å². The van der Waals surface area contributed by atoms with Crippen molar-refractivity contribution in [2.75, 3.05) is 19.8 Å². The van der Waals surface area contributed by atoms with E-state index in [1.165, 1.54) is 64.2 Å². The molecule has 2 atom stereocenters. The van der Waals surface area contributed by atoms with Crippen molar-refractivity contribution in [3.63, 3.8) is 0 Å². The second-order valence-electron chi connectivity index (χ2n) is 6.73. The van der Waals surface area contributed by atoms with Crippen LogP contribution in [0.25, 0.3) is 0 Å². The van der Waals surface area contributed by atoms with Crippen molar-refractivity contribution in [1.29, 1.82) is 0 Å². The number of hydrogen-bond donors (Lipinski definition) is 1. The molecule has 0 aromatic rings. The summed E-state index contributed by atoms with van der Waals surface area (Å²) in [7, 11) is 0. The Bertz CT molecular complexity index is 265. The predicted octanol–water partition coefficient (Wildman–Crippen LogP) is 4.05. The average Bonchev–Trinajstić information content (AvgIpc) is 3.01. The Labute approximate surface area is 131 Å². The lowest BCUT2D eigenvalue weighted by molar-refractivity contribution is -0.0919. The van der Waals surface area contributed by atoms with Gasteiger partial charge in [0.25, 0.3) is 0 Å². The van der Waals surface area contributed by atoms with E-state index in [4.69, 9.17) is 9.47 Å². The van der Waals surface area contributed by atoms with Gasteiger partial charge < -0.3 is 14.8 Å². The first kappa shape index (κ1) is 17.2. The van der Waals surface area contributed by atoms with E-state index in [0.29, 0.717) is 12.1 Å². The van der Waals surface area contributed by atoms with Gasteiger partial charge in [0.05, 0.1) is 11.7 Å². The Kier molecular flexibility index (Phi) is 7.48. The van der Waals surface area contributed by atoms with Gasteiger partial charge in [-0.3, -0.25) is 0 Å². The van der Waals surface area contributed by atoms with E-state index in [1.54, 1.807) is 0 Å². The van der Waals surface area contributed by atoms with Crippen LogP contribution in [0.15, 0.2) is 0 Å². The minimum absolute atomic E-state index is 0.0968. The molecule has 2 unspecified atom stereocenters. The highest BCUT2D eigenvalue weighted by molar-refractivity contribution is 4.95. The molecule has 3 heteroatoms. The second-order valence-corrected chi connectivity index (χ2v) is 6.73. The van der Waals surface area contributed by atoms with Gasteiger partial charge in [-0.25, -0.2) is 0 Å². The molecule has 1 N–H and O–H groups in total. The van der Waals surface area contributed by atoms with Gasteiger partial charge in [0, 0.05) is 19.3 Å². The first-order valence-corrected chi connectivity index (χ1v) is 9.29. The molecule has 21 heavy (non-hydrogen) atoms. The standard InChI is InChI=1S/C18H35NO2/c1-3-19-17(12-8-10-16-11-9-15-20-16)18(21-4-2)13-6-5-7-14-18/h16-17,19H,3-15H2,1-2H3. The second kappa shape index (κ2) is 9.12. The Morgan fingerprint density at radius 1 is 1.19 bits per heavy atom. The van der Waals surface area contributed by atoms with Gasteiger partial charge in [0.15, 0.2) is 0 Å². The summed E-state index contributed by atoms with van der Waals surface area (Å²) in [5.41, 5.74) is 0.0968.